The molecule has 4 saturated carbocycles. The van der Waals surface area contributed by atoms with Gasteiger partial charge in [0.05, 0.1) is 6.04 Å². The van der Waals surface area contributed by atoms with Crippen LogP contribution in [-0.4, -0.2) is 18.4 Å². The van der Waals surface area contributed by atoms with E-state index in [-0.39, 0.29) is 16.9 Å². The second kappa shape index (κ2) is 7.81. The zero-order chi connectivity index (χ0) is 19.9. The molecule has 4 aliphatic carbocycles. The van der Waals surface area contributed by atoms with E-state index in [1.165, 1.54) is 44.9 Å². The normalized spacial score (nSPS) is 47.9. The molecule has 4 nitrogen and oxygen atoms in total. The van der Waals surface area contributed by atoms with Crippen LogP contribution in [0.4, 0.5) is 0 Å². The summed E-state index contributed by atoms with van der Waals surface area (Å²) in [5.41, 5.74) is 5.78. The van der Waals surface area contributed by atoms with Gasteiger partial charge in [0.15, 0.2) is 0 Å². The van der Waals surface area contributed by atoms with Gasteiger partial charge in [-0.1, -0.05) is 38.3 Å². The first-order valence-corrected chi connectivity index (χ1v) is 12.0. The van der Waals surface area contributed by atoms with Crippen LogP contribution >= 0.6 is 0 Å². The van der Waals surface area contributed by atoms with E-state index in [4.69, 9.17) is 5.73 Å². The molecule has 4 rings (SSSR count). The molecule has 0 aromatic rings. The molecule has 0 aliphatic heterocycles. The fourth-order valence-corrected chi connectivity index (χ4v) is 8.29. The Hall–Kier alpha value is -0.770. The maximum absolute atomic E-state index is 12.6. The van der Waals surface area contributed by atoms with Crippen molar-refractivity contribution in [1.29, 1.82) is 0 Å². The van der Waals surface area contributed by atoms with Crippen LogP contribution in [0.3, 0.4) is 0 Å². The number of carbonyl (C=O) groups is 1. The largest absolute Gasteiger partial charge is 0.330 e. The maximum Gasteiger partial charge on any atom is 0.139 e. The summed E-state index contributed by atoms with van der Waals surface area (Å²) in [5.74, 6) is 3.43. The molecule has 0 heterocycles. The van der Waals surface area contributed by atoms with Crippen LogP contribution in [0.5, 0.6) is 0 Å². The van der Waals surface area contributed by atoms with Gasteiger partial charge in [-0.05, 0) is 92.9 Å². The quantitative estimate of drug-likeness (QED) is 0.484. The van der Waals surface area contributed by atoms with Crippen molar-refractivity contribution in [1.82, 2.24) is 0 Å². The molecule has 28 heavy (non-hydrogen) atoms. The van der Waals surface area contributed by atoms with E-state index in [0.29, 0.717) is 29.5 Å². The van der Waals surface area contributed by atoms with Crippen LogP contribution in [-0.2, 0) is 4.79 Å². The van der Waals surface area contributed by atoms with Crippen LogP contribution < -0.4 is 5.73 Å². The summed E-state index contributed by atoms with van der Waals surface area (Å²) >= 11 is 0. The average Bonchev–Trinajstić information content (AvgIpc) is 3.00. The molecule has 4 fully saturated rings. The number of Topliss-reactive ketones (excluding diaryl/α,β-unsaturated/α-hetero) is 1. The van der Waals surface area contributed by atoms with Crippen molar-refractivity contribution in [2.45, 2.75) is 96.9 Å². The molecular formula is C24H40N2O2. The summed E-state index contributed by atoms with van der Waals surface area (Å²) in [7, 11) is 0. The topological polar surface area (TPSA) is 72.5 Å². The van der Waals surface area contributed by atoms with Gasteiger partial charge < -0.3 is 5.73 Å². The molecule has 4 aliphatic rings. The third kappa shape index (κ3) is 3.18. The number of rotatable bonds is 6. The van der Waals surface area contributed by atoms with Crippen LogP contribution in [0.15, 0.2) is 5.18 Å². The van der Waals surface area contributed by atoms with E-state index in [0.717, 1.165) is 44.6 Å². The zero-order valence-corrected chi connectivity index (χ0v) is 18.0. The highest BCUT2D eigenvalue weighted by Crippen LogP contribution is 2.66. The van der Waals surface area contributed by atoms with E-state index in [2.05, 4.69) is 19.0 Å². The van der Waals surface area contributed by atoms with Gasteiger partial charge in [-0.15, -0.1) is 0 Å². The van der Waals surface area contributed by atoms with Crippen molar-refractivity contribution in [3.05, 3.63) is 4.91 Å². The Kier molecular flexibility index (Phi) is 5.72. The molecule has 0 saturated heterocycles. The lowest BCUT2D eigenvalue weighted by Crippen LogP contribution is -2.57. The summed E-state index contributed by atoms with van der Waals surface area (Å²) in [4.78, 5) is 24.6. The molecule has 0 bridgehead atoms. The Morgan fingerprint density at radius 3 is 2.57 bits per heavy atom. The Bertz CT molecular complexity index is 607. The molecule has 4 heteroatoms. The van der Waals surface area contributed by atoms with Crippen molar-refractivity contribution >= 4 is 5.78 Å². The highest BCUT2D eigenvalue weighted by molar-refractivity contribution is 5.87. The standard InChI is InChI=1S/C24H40N2O2/c1-23-11-9-16(6-4-3-5-13-25)14-20(23)21(26-28)15-17-18-7-8-22(27)24(18,2)12-10-19(17)23/h16-21H,3-15,25H2,1-2H3/t16-,17+,18+,19+,20?,21?,23-,24+/m1/s1. The summed E-state index contributed by atoms with van der Waals surface area (Å²) < 4.78 is 0. The number of hydrogen-bond donors (Lipinski definition) is 1. The van der Waals surface area contributed by atoms with E-state index in [1.54, 1.807) is 0 Å². The van der Waals surface area contributed by atoms with Gasteiger partial charge in [0.1, 0.15) is 5.78 Å². The number of ketones is 1. The third-order valence-electron chi connectivity index (χ3n) is 9.95. The molecule has 0 radical (unpaired) electrons. The number of nitroso groups, excluding NO2 is 1. The van der Waals surface area contributed by atoms with E-state index >= 15 is 0 Å². The monoisotopic (exact) mass is 388 g/mol. The molecule has 0 aromatic carbocycles. The van der Waals surface area contributed by atoms with Crippen LogP contribution in [0, 0.1) is 45.3 Å². The Morgan fingerprint density at radius 2 is 1.82 bits per heavy atom. The summed E-state index contributed by atoms with van der Waals surface area (Å²) in [6.07, 6.45) is 13.7. The van der Waals surface area contributed by atoms with Gasteiger partial charge in [0.2, 0.25) is 0 Å². The molecule has 0 aromatic heterocycles. The molecule has 2 unspecified atom stereocenters. The maximum atomic E-state index is 12.6. The van der Waals surface area contributed by atoms with Crippen LogP contribution in [0.25, 0.3) is 0 Å². The van der Waals surface area contributed by atoms with Crippen LogP contribution in [0.2, 0.25) is 0 Å². The predicted octanol–water partition coefficient (Wildman–Crippen LogP) is 5.48. The number of carbonyl (C=O) groups excluding carboxylic acids is 1. The minimum Gasteiger partial charge on any atom is -0.330 e. The molecule has 158 valence electrons. The second-order valence-corrected chi connectivity index (χ2v) is 11.1. The first-order valence-electron chi connectivity index (χ1n) is 12.0. The number of nitrogens with zero attached hydrogens (tertiary/aromatic N) is 1. The number of nitrogens with two attached hydrogens (primary N) is 1. The molecule has 0 amide bonds. The van der Waals surface area contributed by atoms with Gasteiger partial charge in [-0.25, -0.2) is 0 Å². The molecule has 2 N–H and O–H groups in total. The third-order valence-corrected chi connectivity index (χ3v) is 9.95. The van der Waals surface area contributed by atoms with Crippen molar-refractivity contribution in [3.8, 4) is 0 Å². The number of hydrogen-bond acceptors (Lipinski definition) is 4. The number of fused-ring (bicyclic) bond motifs is 5. The Balaban J connectivity index is 1.51. The molecule has 0 spiro atoms. The van der Waals surface area contributed by atoms with Crippen molar-refractivity contribution in [3.63, 3.8) is 0 Å². The fraction of sp³-hybridized carbons (Fsp3) is 0.958. The van der Waals surface area contributed by atoms with Gasteiger partial charge in [-0.2, -0.15) is 4.91 Å². The van der Waals surface area contributed by atoms with Gasteiger partial charge in [-0.3, -0.25) is 4.79 Å². The smallest absolute Gasteiger partial charge is 0.139 e. The first kappa shape index (κ1) is 20.5. The van der Waals surface area contributed by atoms with Gasteiger partial charge in [0, 0.05) is 11.8 Å². The highest BCUT2D eigenvalue weighted by Gasteiger charge is 2.62. The summed E-state index contributed by atoms with van der Waals surface area (Å²) in [5, 5.41) is 3.72. The van der Waals surface area contributed by atoms with Crippen molar-refractivity contribution < 1.29 is 4.79 Å². The lowest BCUT2D eigenvalue weighted by Gasteiger charge is -2.61. The molecule has 8 atom stereocenters. The van der Waals surface area contributed by atoms with Gasteiger partial charge in [0.25, 0.3) is 0 Å². The predicted molar refractivity (Wildman–Crippen MR) is 113 cm³/mol. The van der Waals surface area contributed by atoms with E-state index in [1.807, 2.05) is 0 Å². The minimum absolute atomic E-state index is 0.0313. The fourth-order valence-electron chi connectivity index (χ4n) is 8.29. The Labute approximate surface area is 170 Å². The first-order chi connectivity index (χ1) is 13.4. The SMILES string of the molecule is C[C@]12CC[C@@H](CCCCCN)CC1C(N=O)C[C@@H]1[C@@H]2CC[C@]2(C)C(=O)CC[C@@H]12. The average molecular weight is 389 g/mol. The highest BCUT2D eigenvalue weighted by atomic mass is 16.3. The molecular weight excluding hydrogens is 348 g/mol. The second-order valence-electron chi connectivity index (χ2n) is 11.1. The lowest BCUT2D eigenvalue weighted by molar-refractivity contribution is -0.142. The minimum atomic E-state index is -0.113. The van der Waals surface area contributed by atoms with Crippen molar-refractivity contribution in [2.24, 2.45) is 51.3 Å². The zero-order valence-electron chi connectivity index (χ0n) is 18.0. The van der Waals surface area contributed by atoms with E-state index < -0.39 is 0 Å². The van der Waals surface area contributed by atoms with E-state index in [9.17, 15) is 9.70 Å². The van der Waals surface area contributed by atoms with Gasteiger partial charge >= 0.3 is 0 Å². The Morgan fingerprint density at radius 1 is 1.00 bits per heavy atom. The lowest BCUT2D eigenvalue weighted by atomic mass is 9.43. The van der Waals surface area contributed by atoms with Crippen LogP contribution in [0.1, 0.15) is 90.9 Å². The number of unbranched alkanes of at least 4 members (excludes halogenated alkanes) is 2. The summed E-state index contributed by atoms with van der Waals surface area (Å²) in [6.45, 7) is 5.50. The summed E-state index contributed by atoms with van der Waals surface area (Å²) in [6, 6.07) is -0.0313. The van der Waals surface area contributed by atoms with Crippen molar-refractivity contribution in [2.75, 3.05) is 6.54 Å².